The summed E-state index contributed by atoms with van der Waals surface area (Å²) in [5, 5.41) is 29.7. The van der Waals surface area contributed by atoms with Gasteiger partial charge in [0.15, 0.2) is 0 Å². The number of rotatable bonds is 29. The molecule has 0 heterocycles. The molecule has 1 unspecified atom stereocenters. The van der Waals surface area contributed by atoms with E-state index in [-0.39, 0.29) is 62.0 Å². The summed E-state index contributed by atoms with van der Waals surface area (Å²) < 4.78 is 5.81. The highest BCUT2D eigenvalue weighted by atomic mass is 16.6. The molecule has 2 aliphatic carbocycles. The molecule has 0 radical (unpaired) electrons. The van der Waals surface area contributed by atoms with Crippen molar-refractivity contribution in [1.82, 2.24) is 45.3 Å². The topological polar surface area (TPSA) is 259 Å². The van der Waals surface area contributed by atoms with E-state index in [1.807, 2.05) is 82.3 Å². The molecule has 2 aliphatic rings. The Balaban J connectivity index is 1.23. The van der Waals surface area contributed by atoms with Gasteiger partial charge >= 0.3 is 12.1 Å². The molecule has 0 saturated heterocycles. The average Bonchev–Trinajstić information content (AvgIpc) is 3.90. The molecule has 8 amide bonds. The number of amides is 8. The summed E-state index contributed by atoms with van der Waals surface area (Å²) in [5.41, 5.74) is 4.98. The van der Waals surface area contributed by atoms with Gasteiger partial charge in [0.25, 0.3) is 0 Å². The number of benzene rings is 3. The number of fused-ring (bicyclic) bond motifs is 3. The molecule has 3 aromatic carbocycles. The van der Waals surface area contributed by atoms with Crippen LogP contribution in [0.15, 0.2) is 78.9 Å². The monoisotopic (exact) mass is 1190 g/mol. The molecule has 0 aromatic heterocycles. The van der Waals surface area contributed by atoms with Crippen molar-refractivity contribution in [1.29, 1.82) is 0 Å². The molecule has 9 atom stereocenters. The van der Waals surface area contributed by atoms with E-state index in [2.05, 4.69) is 16.0 Å². The summed E-state index contributed by atoms with van der Waals surface area (Å²) >= 11 is 0. The number of aliphatic hydroxyl groups excluding tert-OH is 1. The second kappa shape index (κ2) is 31.8. The normalized spacial score (nSPS) is 16.4. The summed E-state index contributed by atoms with van der Waals surface area (Å²) in [6, 6.07) is 16.9. The summed E-state index contributed by atoms with van der Waals surface area (Å²) in [6.07, 6.45) is 2.27. The molecule has 3 aromatic rings. The van der Waals surface area contributed by atoms with Crippen molar-refractivity contribution in [3.8, 4) is 11.1 Å². The van der Waals surface area contributed by atoms with Crippen molar-refractivity contribution >= 4 is 53.4 Å². The molecule has 5 rings (SSSR count). The number of nitrogens with zero attached hydrogens (tertiary/aromatic N) is 6. The van der Waals surface area contributed by atoms with Gasteiger partial charge in [-0.1, -0.05) is 126 Å². The van der Waals surface area contributed by atoms with Gasteiger partial charge in [-0.05, 0) is 106 Å². The Bertz CT molecular complexity index is 2780. The Hall–Kier alpha value is -7.39. The van der Waals surface area contributed by atoms with Crippen LogP contribution in [0.3, 0.4) is 0 Å². The molecule has 0 spiro atoms. The van der Waals surface area contributed by atoms with Crippen LogP contribution < -0.4 is 16.0 Å². The highest BCUT2D eigenvalue weighted by Crippen LogP contribution is 2.44. The smallest absolute Gasteiger partial charge is 0.410 e. The largest absolute Gasteiger partial charge is 0.481 e. The molecule has 86 heavy (non-hydrogen) atoms. The molecule has 21 nitrogen and oxygen atoms in total. The highest BCUT2D eigenvalue weighted by molar-refractivity contribution is 5.96. The fourth-order valence-electron chi connectivity index (χ4n) is 11.6. The number of likely N-dealkylation sites (N-methyl/N-ethyl adjacent to an activating group) is 6. The van der Waals surface area contributed by atoms with Gasteiger partial charge in [-0.3, -0.25) is 48.2 Å². The summed E-state index contributed by atoms with van der Waals surface area (Å²) in [4.78, 5) is 133. The number of carbonyl (C=O) groups is 9. The van der Waals surface area contributed by atoms with E-state index in [4.69, 9.17) is 4.74 Å². The quantitative estimate of drug-likeness (QED) is 0.0522. The molecular formula is C65H95N9O12. The summed E-state index contributed by atoms with van der Waals surface area (Å²) in [6.45, 7) is 13.5. The molecule has 1 saturated carbocycles. The zero-order valence-electron chi connectivity index (χ0n) is 52.9. The number of aliphatic carboxylic acids is 1. The number of ether oxygens (including phenoxy) is 1. The second-order valence-corrected chi connectivity index (χ2v) is 24.6. The first kappa shape index (κ1) is 69.4. The van der Waals surface area contributed by atoms with Crippen LogP contribution in [0.1, 0.15) is 129 Å². The molecule has 0 bridgehead atoms. The summed E-state index contributed by atoms with van der Waals surface area (Å²) in [7, 11) is 8.93. The van der Waals surface area contributed by atoms with Gasteiger partial charge in [0.05, 0.1) is 19.0 Å². The maximum Gasteiger partial charge on any atom is 0.410 e. The van der Waals surface area contributed by atoms with Crippen LogP contribution >= 0.6 is 0 Å². The van der Waals surface area contributed by atoms with Crippen LogP contribution in [-0.4, -0.2) is 203 Å². The minimum absolute atomic E-state index is 0.0113. The van der Waals surface area contributed by atoms with Gasteiger partial charge in [0, 0.05) is 53.6 Å². The van der Waals surface area contributed by atoms with E-state index >= 15 is 0 Å². The molecule has 472 valence electrons. The van der Waals surface area contributed by atoms with Crippen LogP contribution in [0.4, 0.5) is 4.79 Å². The van der Waals surface area contributed by atoms with Crippen LogP contribution in [0.2, 0.25) is 0 Å². The number of carboxylic acid groups (broad SMARTS) is 1. The van der Waals surface area contributed by atoms with Crippen LogP contribution in [-0.2, 0) is 49.5 Å². The lowest BCUT2D eigenvalue weighted by molar-refractivity contribution is -0.150. The lowest BCUT2D eigenvalue weighted by Gasteiger charge is -2.40. The van der Waals surface area contributed by atoms with E-state index in [1.54, 1.807) is 38.1 Å². The van der Waals surface area contributed by atoms with E-state index in [1.165, 1.54) is 85.5 Å². The Morgan fingerprint density at radius 2 is 1.12 bits per heavy atom. The van der Waals surface area contributed by atoms with Crippen molar-refractivity contribution in [2.45, 2.75) is 174 Å². The highest BCUT2D eigenvalue weighted by Gasteiger charge is 2.42. The van der Waals surface area contributed by atoms with Crippen molar-refractivity contribution in [3.63, 3.8) is 0 Å². The standard InChI is InChI=1S/C65H95N9O12/c1-39(2)33-52(67-59(79)44(8)72(12)65(85)86-38-51-49-31-23-21-29-47(49)48-30-22-24-32-50(48)51)62(82)69(9)37-55(75)71(11)43(7)58(78)68-53(34-40(3)4)63(83)73(13)54(36-45-25-17-15-18-26-45)60(80)66-42(6)61(81)74(14)57(46-27-19-16-20-28-46)64(84)70(10)41(5)35-56(76)77/h15,17-18,21-26,29-32,39-44,46,51-54,57,62,82H,16,19-20,27-28,33-38H2,1-14H3,(H,66,80)(H,67,79)(H,68,78)(H,76,77)/t41-,42+,43+,44+,52+,53+,54+,57+,62?/m1/s1. The third-order valence-electron chi connectivity index (χ3n) is 17.2. The zero-order chi connectivity index (χ0) is 63.9. The third-order valence-corrected chi connectivity index (χ3v) is 17.2. The van der Waals surface area contributed by atoms with Crippen molar-refractivity contribution < 1.29 is 58.1 Å². The predicted molar refractivity (Wildman–Crippen MR) is 328 cm³/mol. The van der Waals surface area contributed by atoms with E-state index in [9.17, 15) is 53.4 Å². The molecule has 1 fully saturated rings. The predicted octanol–water partition coefficient (Wildman–Crippen LogP) is 5.72. The lowest BCUT2D eigenvalue weighted by Crippen LogP contribution is -2.60. The Labute approximate surface area is 508 Å². The van der Waals surface area contributed by atoms with Gasteiger partial charge in [-0.2, -0.15) is 0 Å². The number of nitrogens with one attached hydrogen (secondary N) is 3. The van der Waals surface area contributed by atoms with Crippen molar-refractivity contribution in [3.05, 3.63) is 95.6 Å². The Morgan fingerprint density at radius 1 is 0.581 bits per heavy atom. The Kier molecular flexibility index (Phi) is 25.7. The molecular weight excluding hydrogens is 1100 g/mol. The zero-order valence-corrected chi connectivity index (χ0v) is 52.9. The van der Waals surface area contributed by atoms with Crippen LogP contribution in [0, 0.1) is 17.8 Å². The number of hydrogen-bond acceptors (Lipinski definition) is 12. The van der Waals surface area contributed by atoms with Gasteiger partial charge in [0.1, 0.15) is 49.1 Å². The third kappa shape index (κ3) is 18.1. The SMILES string of the molecule is CC(C)C[C@H](NC(=O)[C@H](C)N(C)C(=O)CN(C)C(O)[C@H](CC(C)C)NC(=O)[C@H](C)N(C)C(=O)OCC1c2ccccc2-c2ccccc21)C(=O)N(C)[C@@H](Cc1ccccc1)C(=O)N[C@@H](C)C(=O)N(C)[C@H](C(=O)N(C)[C@H](C)CC(=O)O)C1CCCCC1. The number of hydrogen-bond donors (Lipinski definition) is 5. The van der Waals surface area contributed by atoms with Crippen LogP contribution in [0.5, 0.6) is 0 Å². The van der Waals surface area contributed by atoms with Crippen molar-refractivity contribution in [2.24, 2.45) is 17.8 Å². The average molecular weight is 1190 g/mol. The Morgan fingerprint density at radius 3 is 1.67 bits per heavy atom. The first-order valence-corrected chi connectivity index (χ1v) is 30.2. The van der Waals surface area contributed by atoms with Crippen LogP contribution in [0.25, 0.3) is 11.1 Å². The first-order valence-electron chi connectivity index (χ1n) is 30.2. The van der Waals surface area contributed by atoms with E-state index < -0.39 is 102 Å². The molecule has 5 N–H and O–H groups in total. The molecule has 0 aliphatic heterocycles. The summed E-state index contributed by atoms with van der Waals surface area (Å²) in [5.74, 6) is -5.51. The lowest BCUT2D eigenvalue weighted by atomic mass is 9.82. The second-order valence-electron chi connectivity index (χ2n) is 24.6. The fraction of sp³-hybridized carbons (Fsp3) is 0.585. The first-order chi connectivity index (χ1) is 40.5. The van der Waals surface area contributed by atoms with E-state index in [0.29, 0.717) is 24.8 Å². The van der Waals surface area contributed by atoms with Gasteiger partial charge < -0.3 is 50.5 Å². The van der Waals surface area contributed by atoms with Crippen molar-refractivity contribution in [2.75, 3.05) is 55.4 Å². The van der Waals surface area contributed by atoms with E-state index in [0.717, 1.165) is 41.5 Å². The maximum absolute atomic E-state index is 14.7. The van der Waals surface area contributed by atoms with Gasteiger partial charge in [0.2, 0.25) is 41.4 Å². The number of aliphatic hydroxyl groups is 1. The number of carboxylic acids is 1. The fourth-order valence-corrected chi connectivity index (χ4v) is 11.6. The minimum Gasteiger partial charge on any atom is -0.481 e. The van der Waals surface area contributed by atoms with Gasteiger partial charge in [-0.15, -0.1) is 0 Å². The van der Waals surface area contributed by atoms with Gasteiger partial charge in [-0.25, -0.2) is 4.79 Å². The maximum atomic E-state index is 14.7. The number of carbonyl (C=O) groups excluding carboxylic acids is 8. The minimum atomic E-state index is -1.38. The molecule has 21 heteroatoms.